The maximum atomic E-state index is 6.50. The fourth-order valence-corrected chi connectivity index (χ4v) is 3.72. The van der Waals surface area contributed by atoms with Crippen molar-refractivity contribution < 1.29 is 4.74 Å². The molecule has 0 aliphatic carbocycles. The van der Waals surface area contributed by atoms with Gasteiger partial charge in [0.25, 0.3) is 0 Å². The van der Waals surface area contributed by atoms with Crippen molar-refractivity contribution in [3.63, 3.8) is 0 Å². The van der Waals surface area contributed by atoms with E-state index in [0.717, 1.165) is 31.6 Å². The summed E-state index contributed by atoms with van der Waals surface area (Å²) >= 11 is 0. The minimum Gasteiger partial charge on any atom is -0.487 e. The zero-order chi connectivity index (χ0) is 14.3. The van der Waals surface area contributed by atoms with Gasteiger partial charge in [-0.05, 0) is 40.4 Å². The molecule has 0 aromatic heterocycles. The first-order valence-electron chi connectivity index (χ1n) is 7.70. The smallest absolute Gasteiger partial charge is 0.124 e. The molecule has 2 heterocycles. The monoisotopic (exact) mass is 274 g/mol. The van der Waals surface area contributed by atoms with Crippen LogP contribution in [0.15, 0.2) is 18.2 Å². The van der Waals surface area contributed by atoms with Crippen molar-refractivity contribution in [2.24, 2.45) is 0 Å². The largest absolute Gasteiger partial charge is 0.487 e. The molecule has 3 unspecified atom stereocenters. The van der Waals surface area contributed by atoms with E-state index in [-0.39, 0.29) is 5.60 Å². The van der Waals surface area contributed by atoms with Crippen LogP contribution in [0.1, 0.15) is 43.4 Å². The zero-order valence-corrected chi connectivity index (χ0v) is 13.1. The second kappa shape index (κ2) is 5.05. The molecule has 3 atom stereocenters. The molecule has 3 nitrogen and oxygen atoms in total. The van der Waals surface area contributed by atoms with Gasteiger partial charge in [-0.25, -0.2) is 0 Å². The van der Waals surface area contributed by atoms with Crippen LogP contribution in [-0.4, -0.2) is 37.2 Å². The second-order valence-electron chi connectivity index (χ2n) is 6.66. The van der Waals surface area contributed by atoms with Gasteiger partial charge in [-0.3, -0.25) is 0 Å². The Kier molecular flexibility index (Phi) is 3.51. The van der Waals surface area contributed by atoms with E-state index in [1.807, 2.05) is 0 Å². The van der Waals surface area contributed by atoms with Gasteiger partial charge >= 0.3 is 0 Å². The summed E-state index contributed by atoms with van der Waals surface area (Å²) in [5.74, 6) is 1.08. The highest BCUT2D eigenvalue weighted by Crippen LogP contribution is 2.45. The molecule has 110 valence electrons. The number of benzene rings is 1. The van der Waals surface area contributed by atoms with Crippen LogP contribution >= 0.6 is 0 Å². The fraction of sp³-hybridized carbons (Fsp3) is 0.647. The van der Waals surface area contributed by atoms with E-state index in [4.69, 9.17) is 4.74 Å². The maximum absolute atomic E-state index is 6.50. The molecule has 3 rings (SSSR count). The third-order valence-corrected chi connectivity index (χ3v) is 5.13. The van der Waals surface area contributed by atoms with Crippen LogP contribution < -0.4 is 10.1 Å². The average Bonchev–Trinajstić information content (AvgIpc) is 2.43. The molecule has 3 heteroatoms. The third kappa shape index (κ3) is 2.33. The van der Waals surface area contributed by atoms with E-state index in [2.05, 4.69) is 56.4 Å². The van der Waals surface area contributed by atoms with Gasteiger partial charge in [-0.2, -0.15) is 0 Å². The number of likely N-dealkylation sites (tertiary alicyclic amines) is 1. The Balaban J connectivity index is 1.93. The van der Waals surface area contributed by atoms with Gasteiger partial charge in [0, 0.05) is 37.0 Å². The van der Waals surface area contributed by atoms with E-state index in [1.54, 1.807) is 0 Å². The molecule has 1 aromatic rings. The summed E-state index contributed by atoms with van der Waals surface area (Å²) in [6.07, 6.45) is 3.33. The summed E-state index contributed by atoms with van der Waals surface area (Å²) in [5.41, 5.74) is 2.65. The predicted molar refractivity (Wildman–Crippen MR) is 82.3 cm³/mol. The number of piperidine rings is 1. The SMILES string of the molecule is CNC1CC2(CCN(C)C(C)C2)Oc2ccc(C)cc21. The Morgan fingerprint density at radius 3 is 2.85 bits per heavy atom. The summed E-state index contributed by atoms with van der Waals surface area (Å²) in [4.78, 5) is 2.44. The van der Waals surface area contributed by atoms with Crippen molar-refractivity contribution >= 4 is 0 Å². The van der Waals surface area contributed by atoms with Crippen LogP contribution in [0.2, 0.25) is 0 Å². The quantitative estimate of drug-likeness (QED) is 0.852. The molecular weight excluding hydrogens is 248 g/mol. The molecule has 0 saturated carbocycles. The first-order valence-corrected chi connectivity index (χ1v) is 7.70. The highest BCUT2D eigenvalue weighted by Gasteiger charge is 2.44. The first kappa shape index (κ1) is 13.9. The van der Waals surface area contributed by atoms with Crippen molar-refractivity contribution in [3.8, 4) is 5.75 Å². The number of hydrogen-bond acceptors (Lipinski definition) is 3. The van der Waals surface area contributed by atoms with E-state index >= 15 is 0 Å². The van der Waals surface area contributed by atoms with Crippen molar-refractivity contribution in [3.05, 3.63) is 29.3 Å². The Morgan fingerprint density at radius 2 is 2.15 bits per heavy atom. The van der Waals surface area contributed by atoms with Gasteiger partial charge in [0.2, 0.25) is 0 Å². The van der Waals surface area contributed by atoms with Crippen LogP contribution in [0, 0.1) is 6.92 Å². The topological polar surface area (TPSA) is 24.5 Å². The van der Waals surface area contributed by atoms with Gasteiger partial charge < -0.3 is 15.0 Å². The molecule has 0 bridgehead atoms. The van der Waals surface area contributed by atoms with Gasteiger partial charge in [0.1, 0.15) is 11.4 Å². The number of rotatable bonds is 1. The lowest BCUT2D eigenvalue weighted by Gasteiger charge is -2.48. The molecular formula is C17H26N2O. The van der Waals surface area contributed by atoms with Crippen LogP contribution in [0.5, 0.6) is 5.75 Å². The molecule has 20 heavy (non-hydrogen) atoms. The number of fused-ring (bicyclic) bond motifs is 1. The fourth-order valence-electron chi connectivity index (χ4n) is 3.72. The minimum absolute atomic E-state index is 0.0157. The molecule has 2 aliphatic heterocycles. The van der Waals surface area contributed by atoms with Gasteiger partial charge in [-0.15, -0.1) is 0 Å². The second-order valence-corrected chi connectivity index (χ2v) is 6.66. The lowest BCUT2D eigenvalue weighted by Crippen LogP contribution is -2.53. The summed E-state index contributed by atoms with van der Waals surface area (Å²) < 4.78 is 6.50. The highest BCUT2D eigenvalue weighted by atomic mass is 16.5. The third-order valence-electron chi connectivity index (χ3n) is 5.13. The summed E-state index contributed by atoms with van der Waals surface area (Å²) in [6.45, 7) is 5.58. The van der Waals surface area contributed by atoms with E-state index in [0.29, 0.717) is 12.1 Å². The molecule has 1 aromatic carbocycles. The molecule has 0 amide bonds. The van der Waals surface area contributed by atoms with Crippen molar-refractivity contribution in [2.45, 2.75) is 50.8 Å². The Morgan fingerprint density at radius 1 is 1.35 bits per heavy atom. The van der Waals surface area contributed by atoms with Crippen LogP contribution in [-0.2, 0) is 0 Å². The molecule has 1 spiro atoms. The first-order chi connectivity index (χ1) is 9.53. The Bertz CT molecular complexity index is 502. The summed E-state index contributed by atoms with van der Waals surface area (Å²) in [6, 6.07) is 7.58. The standard InChI is InChI=1S/C17H26N2O/c1-12-5-6-16-14(9-12)15(18-3)11-17(20-16)7-8-19(4)13(2)10-17/h5-6,9,13,15,18H,7-8,10-11H2,1-4H3. The molecule has 2 aliphatic rings. The minimum atomic E-state index is 0.0157. The predicted octanol–water partition coefficient (Wildman–Crippen LogP) is 2.89. The normalized spacial score (nSPS) is 33.8. The number of aryl methyl sites for hydroxylation is 1. The lowest BCUT2D eigenvalue weighted by molar-refractivity contribution is -0.0384. The van der Waals surface area contributed by atoms with Crippen molar-refractivity contribution in [2.75, 3.05) is 20.6 Å². The lowest BCUT2D eigenvalue weighted by atomic mass is 9.78. The summed E-state index contributed by atoms with van der Waals surface area (Å²) in [7, 11) is 4.28. The molecule has 1 saturated heterocycles. The van der Waals surface area contributed by atoms with E-state index in [9.17, 15) is 0 Å². The molecule has 1 N–H and O–H groups in total. The molecule has 0 radical (unpaired) electrons. The number of hydrogen-bond donors (Lipinski definition) is 1. The van der Waals surface area contributed by atoms with Crippen LogP contribution in [0.3, 0.4) is 0 Å². The number of nitrogens with zero attached hydrogens (tertiary/aromatic N) is 1. The van der Waals surface area contributed by atoms with Gasteiger partial charge in [0.05, 0.1) is 0 Å². The number of nitrogens with one attached hydrogen (secondary N) is 1. The Hall–Kier alpha value is -1.06. The van der Waals surface area contributed by atoms with Gasteiger partial charge in [0.15, 0.2) is 0 Å². The van der Waals surface area contributed by atoms with Crippen LogP contribution in [0.25, 0.3) is 0 Å². The number of ether oxygens (including phenoxy) is 1. The van der Waals surface area contributed by atoms with Crippen molar-refractivity contribution in [1.82, 2.24) is 10.2 Å². The van der Waals surface area contributed by atoms with Crippen molar-refractivity contribution in [1.29, 1.82) is 0 Å². The van der Waals surface area contributed by atoms with E-state index < -0.39 is 0 Å². The Labute approximate surface area is 122 Å². The molecule has 1 fully saturated rings. The maximum Gasteiger partial charge on any atom is 0.124 e. The zero-order valence-electron chi connectivity index (χ0n) is 13.1. The highest BCUT2D eigenvalue weighted by molar-refractivity contribution is 5.41. The van der Waals surface area contributed by atoms with Gasteiger partial charge in [-0.1, -0.05) is 17.7 Å². The average molecular weight is 274 g/mol. The van der Waals surface area contributed by atoms with E-state index in [1.165, 1.54) is 11.1 Å². The summed E-state index contributed by atoms with van der Waals surface area (Å²) in [5, 5.41) is 3.49. The van der Waals surface area contributed by atoms with Crippen LogP contribution in [0.4, 0.5) is 0 Å².